The first-order valence-corrected chi connectivity index (χ1v) is 4.01. The van der Waals surface area contributed by atoms with Gasteiger partial charge in [0.05, 0.1) is 18.7 Å². The van der Waals surface area contributed by atoms with E-state index in [9.17, 15) is 14.7 Å². The van der Waals surface area contributed by atoms with E-state index in [-0.39, 0.29) is 25.3 Å². The van der Waals surface area contributed by atoms with Crippen molar-refractivity contribution in [3.63, 3.8) is 0 Å². The van der Waals surface area contributed by atoms with Crippen LogP contribution >= 0.6 is 0 Å². The molecule has 0 aliphatic carbocycles. The van der Waals surface area contributed by atoms with Crippen molar-refractivity contribution in [2.24, 2.45) is 0 Å². The summed E-state index contributed by atoms with van der Waals surface area (Å²) in [5.41, 5.74) is -0.788. The molecule has 4 nitrogen and oxygen atoms in total. The van der Waals surface area contributed by atoms with Crippen LogP contribution < -0.4 is 0 Å². The van der Waals surface area contributed by atoms with E-state index in [2.05, 4.69) is 0 Å². The molecule has 0 bridgehead atoms. The fraction of sp³-hybridized carbons (Fsp3) is 0.750. The molecule has 0 radical (unpaired) electrons. The number of amides is 1. The van der Waals surface area contributed by atoms with E-state index in [0.717, 1.165) is 0 Å². The van der Waals surface area contributed by atoms with Gasteiger partial charge in [-0.15, -0.1) is 0 Å². The first-order valence-electron chi connectivity index (χ1n) is 4.01. The number of carbonyl (C=O) groups is 2. The van der Waals surface area contributed by atoms with E-state index < -0.39 is 11.5 Å². The molecule has 1 amide bonds. The Hall–Kier alpha value is -0.900. The van der Waals surface area contributed by atoms with Crippen LogP contribution in [0.3, 0.4) is 0 Å². The number of hydrogen-bond donors (Lipinski definition) is 1. The number of ketones is 1. The zero-order chi connectivity index (χ0) is 9.35. The summed E-state index contributed by atoms with van der Waals surface area (Å²) in [4.78, 5) is 23.4. The predicted octanol–water partition coefficient (Wildman–Crippen LogP) is -0.441. The second-order valence-electron chi connectivity index (χ2n) is 3.43. The summed E-state index contributed by atoms with van der Waals surface area (Å²) in [6.07, 6.45) is 0.234. The van der Waals surface area contributed by atoms with Crippen molar-refractivity contribution >= 4 is 11.7 Å². The van der Waals surface area contributed by atoms with Gasteiger partial charge in [0.2, 0.25) is 5.78 Å². The zero-order valence-electron chi connectivity index (χ0n) is 7.33. The standard InChI is InChI=1S/C8H13NO3/c1-3-6(10)7(11)9-4-8(2,12)5-9/h12H,3-5H2,1-2H3. The summed E-state index contributed by atoms with van der Waals surface area (Å²) in [5, 5.41) is 9.28. The van der Waals surface area contributed by atoms with Crippen molar-refractivity contribution in [1.82, 2.24) is 4.90 Å². The number of aliphatic hydroxyl groups is 1. The Balaban J connectivity index is 2.43. The topological polar surface area (TPSA) is 57.6 Å². The highest BCUT2D eigenvalue weighted by Crippen LogP contribution is 2.19. The van der Waals surface area contributed by atoms with Crippen molar-refractivity contribution in [3.05, 3.63) is 0 Å². The first-order chi connectivity index (χ1) is 5.46. The van der Waals surface area contributed by atoms with Crippen molar-refractivity contribution in [2.75, 3.05) is 13.1 Å². The fourth-order valence-electron chi connectivity index (χ4n) is 1.25. The number of Topliss-reactive ketones (excluding diaryl/α,β-unsaturated/α-hetero) is 1. The third-order valence-corrected chi connectivity index (χ3v) is 1.91. The minimum absolute atomic E-state index is 0.234. The van der Waals surface area contributed by atoms with Crippen LogP contribution in [0.1, 0.15) is 20.3 Å². The molecule has 1 fully saturated rings. The third kappa shape index (κ3) is 1.64. The van der Waals surface area contributed by atoms with Crippen LogP contribution in [0.4, 0.5) is 0 Å². The molecule has 1 saturated heterocycles. The molecule has 1 N–H and O–H groups in total. The van der Waals surface area contributed by atoms with Gasteiger partial charge in [-0.05, 0) is 6.92 Å². The third-order valence-electron chi connectivity index (χ3n) is 1.91. The van der Waals surface area contributed by atoms with Crippen molar-refractivity contribution < 1.29 is 14.7 Å². The number of hydrogen-bond acceptors (Lipinski definition) is 3. The number of carbonyl (C=O) groups excluding carboxylic acids is 2. The summed E-state index contributed by atoms with van der Waals surface area (Å²) in [5.74, 6) is -0.852. The van der Waals surface area contributed by atoms with E-state index in [1.807, 2.05) is 0 Å². The van der Waals surface area contributed by atoms with Gasteiger partial charge in [0.25, 0.3) is 5.91 Å². The second-order valence-corrected chi connectivity index (χ2v) is 3.43. The Labute approximate surface area is 71.2 Å². The van der Waals surface area contributed by atoms with Crippen LogP contribution in [-0.2, 0) is 9.59 Å². The number of rotatable bonds is 2. The molecule has 0 aromatic carbocycles. The molecule has 0 saturated carbocycles. The molecular weight excluding hydrogens is 158 g/mol. The summed E-state index contributed by atoms with van der Waals surface area (Å²) in [6, 6.07) is 0. The molecule has 1 aliphatic heterocycles. The minimum Gasteiger partial charge on any atom is -0.386 e. The largest absolute Gasteiger partial charge is 0.386 e. The predicted molar refractivity (Wildman–Crippen MR) is 42.5 cm³/mol. The molecule has 12 heavy (non-hydrogen) atoms. The van der Waals surface area contributed by atoms with Gasteiger partial charge in [0.1, 0.15) is 0 Å². The van der Waals surface area contributed by atoms with Crippen LogP contribution in [0.5, 0.6) is 0 Å². The highest BCUT2D eigenvalue weighted by Gasteiger charge is 2.40. The number of likely N-dealkylation sites (tertiary alicyclic amines) is 1. The van der Waals surface area contributed by atoms with Gasteiger partial charge in [-0.2, -0.15) is 0 Å². The lowest BCUT2D eigenvalue weighted by atomic mass is 9.96. The SMILES string of the molecule is CCC(=O)C(=O)N1CC(C)(O)C1. The van der Waals surface area contributed by atoms with Gasteiger partial charge >= 0.3 is 0 Å². The van der Waals surface area contributed by atoms with Crippen molar-refractivity contribution in [3.8, 4) is 0 Å². The highest BCUT2D eigenvalue weighted by atomic mass is 16.3. The first kappa shape index (κ1) is 9.19. The van der Waals surface area contributed by atoms with Gasteiger partial charge in [0.15, 0.2) is 0 Å². The van der Waals surface area contributed by atoms with Gasteiger partial charge in [-0.3, -0.25) is 9.59 Å². The molecule has 68 valence electrons. The smallest absolute Gasteiger partial charge is 0.290 e. The van der Waals surface area contributed by atoms with E-state index in [1.165, 1.54) is 4.90 Å². The monoisotopic (exact) mass is 171 g/mol. The van der Waals surface area contributed by atoms with Crippen LogP contribution in [0.25, 0.3) is 0 Å². The average molecular weight is 171 g/mol. The summed E-state index contributed by atoms with van der Waals surface area (Å²) >= 11 is 0. The molecule has 1 aliphatic rings. The fourth-order valence-corrected chi connectivity index (χ4v) is 1.25. The highest BCUT2D eigenvalue weighted by molar-refractivity contribution is 6.36. The molecule has 4 heteroatoms. The normalized spacial score (nSPS) is 20.1. The van der Waals surface area contributed by atoms with Crippen LogP contribution in [-0.4, -0.2) is 40.4 Å². The van der Waals surface area contributed by atoms with E-state index >= 15 is 0 Å². The van der Waals surface area contributed by atoms with E-state index in [4.69, 9.17) is 0 Å². The van der Waals surface area contributed by atoms with E-state index in [0.29, 0.717) is 0 Å². The Morgan fingerprint density at radius 1 is 1.50 bits per heavy atom. The van der Waals surface area contributed by atoms with Crippen LogP contribution in [0, 0.1) is 0 Å². The average Bonchev–Trinajstić information content (AvgIpc) is 1.97. The maximum atomic E-state index is 11.1. The van der Waals surface area contributed by atoms with Crippen molar-refractivity contribution in [1.29, 1.82) is 0 Å². The Kier molecular flexibility index (Phi) is 2.19. The maximum Gasteiger partial charge on any atom is 0.290 e. The lowest BCUT2D eigenvalue weighted by molar-refractivity contribution is -0.159. The molecule has 0 aromatic rings. The summed E-state index contributed by atoms with van der Waals surface area (Å²) < 4.78 is 0. The molecule has 1 heterocycles. The molecular formula is C8H13NO3. The minimum atomic E-state index is -0.788. The van der Waals surface area contributed by atoms with Gasteiger partial charge in [-0.25, -0.2) is 0 Å². The summed E-state index contributed by atoms with van der Waals surface area (Å²) in [6.45, 7) is 3.85. The molecule has 0 spiro atoms. The van der Waals surface area contributed by atoms with E-state index in [1.54, 1.807) is 13.8 Å². The van der Waals surface area contributed by atoms with Gasteiger partial charge in [0, 0.05) is 6.42 Å². The molecule has 1 rings (SSSR count). The molecule has 0 atom stereocenters. The molecule has 0 unspecified atom stereocenters. The maximum absolute atomic E-state index is 11.1. The molecule has 0 aromatic heterocycles. The van der Waals surface area contributed by atoms with Crippen molar-refractivity contribution in [2.45, 2.75) is 25.9 Å². The van der Waals surface area contributed by atoms with Gasteiger partial charge in [-0.1, -0.05) is 6.92 Å². The van der Waals surface area contributed by atoms with Crippen LogP contribution in [0.15, 0.2) is 0 Å². The second kappa shape index (κ2) is 2.86. The quantitative estimate of drug-likeness (QED) is 0.573. The Morgan fingerprint density at radius 2 is 2.00 bits per heavy atom. The Bertz CT molecular complexity index is 214. The Morgan fingerprint density at radius 3 is 2.33 bits per heavy atom. The summed E-state index contributed by atoms with van der Waals surface area (Å²) in [7, 11) is 0. The lowest BCUT2D eigenvalue weighted by Crippen LogP contribution is -2.62. The number of nitrogens with zero attached hydrogens (tertiary/aromatic N) is 1. The zero-order valence-corrected chi connectivity index (χ0v) is 7.33. The number of β-amino-alcohol motifs (C(OH)–C–C–N with tert-alkyl or cyclic N) is 1. The van der Waals surface area contributed by atoms with Gasteiger partial charge < -0.3 is 10.0 Å². The lowest BCUT2D eigenvalue weighted by Gasteiger charge is -2.43. The van der Waals surface area contributed by atoms with Crippen LogP contribution in [0.2, 0.25) is 0 Å².